The number of hydrogen-bond donors (Lipinski definition) is 1. The van der Waals surface area contributed by atoms with Crippen LogP contribution in [0.15, 0.2) is 0 Å². The lowest BCUT2D eigenvalue weighted by atomic mass is 9.42. The number of rotatable bonds is 6. The van der Waals surface area contributed by atoms with E-state index in [0.29, 0.717) is 24.2 Å². The molecule has 6 aliphatic rings. The molecule has 4 saturated carbocycles. The predicted octanol–water partition coefficient (Wildman–Crippen LogP) is 2.85. The fraction of sp³-hybridized carbons (Fsp3) is 0.941. The van der Waals surface area contributed by atoms with Gasteiger partial charge in [-0.05, 0) is 63.3 Å². The van der Waals surface area contributed by atoms with Crippen molar-refractivity contribution in [2.45, 2.75) is 102 Å². The number of ether oxygens (including phenoxy) is 2. The van der Waals surface area contributed by atoms with Crippen LogP contribution in [0.4, 0.5) is 0 Å². The van der Waals surface area contributed by atoms with Crippen LogP contribution in [0.1, 0.15) is 78.6 Å². The van der Waals surface area contributed by atoms with Gasteiger partial charge in [0, 0.05) is 88.7 Å². The first-order chi connectivity index (χ1) is 20.5. The fourth-order valence-corrected chi connectivity index (χ4v) is 11.3. The van der Waals surface area contributed by atoms with Gasteiger partial charge in [0.2, 0.25) is 0 Å². The first-order valence-electron chi connectivity index (χ1n) is 17.4. The molecule has 2 aliphatic heterocycles. The summed E-state index contributed by atoms with van der Waals surface area (Å²) in [6.45, 7) is 15.1. The van der Waals surface area contributed by atoms with Crippen LogP contribution in [0.3, 0.4) is 0 Å². The van der Waals surface area contributed by atoms with Gasteiger partial charge in [-0.3, -0.25) is 19.4 Å². The molecule has 0 bridgehead atoms. The Morgan fingerprint density at radius 3 is 2.23 bits per heavy atom. The minimum absolute atomic E-state index is 0.0293. The molecule has 6 rings (SSSR count). The Kier molecular flexibility index (Phi) is 8.97. The third-order valence-electron chi connectivity index (χ3n) is 13.7. The Labute approximate surface area is 259 Å². The van der Waals surface area contributed by atoms with E-state index in [9.17, 15) is 14.7 Å². The van der Waals surface area contributed by atoms with Crippen LogP contribution in [0, 0.1) is 28.6 Å². The van der Waals surface area contributed by atoms with Crippen molar-refractivity contribution < 1.29 is 24.2 Å². The van der Waals surface area contributed by atoms with E-state index in [1.54, 1.807) is 6.92 Å². The lowest BCUT2D eigenvalue weighted by molar-refractivity contribution is -0.242. The van der Waals surface area contributed by atoms with Crippen LogP contribution in [0.25, 0.3) is 0 Å². The van der Waals surface area contributed by atoms with Crippen molar-refractivity contribution >= 4 is 11.9 Å². The van der Waals surface area contributed by atoms with Crippen molar-refractivity contribution in [2.75, 3.05) is 73.1 Å². The number of carbonyl (C=O) groups is 2. The van der Waals surface area contributed by atoms with Crippen LogP contribution in [0.5, 0.6) is 0 Å². The Balaban J connectivity index is 1.27. The number of nitrogens with zero attached hydrogens (tertiary/aromatic N) is 4. The maximum atomic E-state index is 12.8. The van der Waals surface area contributed by atoms with Crippen LogP contribution in [-0.2, 0) is 19.1 Å². The number of carbonyl (C=O) groups excluding carboxylic acids is 2. The second-order valence-electron chi connectivity index (χ2n) is 15.6. The van der Waals surface area contributed by atoms with Crippen LogP contribution >= 0.6 is 0 Å². The average molecular weight is 603 g/mol. The minimum Gasteiger partial charge on any atom is -0.469 e. The molecule has 0 aromatic rings. The molecule has 0 spiro atoms. The van der Waals surface area contributed by atoms with Gasteiger partial charge in [0.05, 0.1) is 19.1 Å². The topological polar surface area (TPSA) is 85.8 Å². The monoisotopic (exact) mass is 602 g/mol. The summed E-state index contributed by atoms with van der Waals surface area (Å²) in [5.41, 5.74) is -0.789. The summed E-state index contributed by atoms with van der Waals surface area (Å²) in [4.78, 5) is 34.3. The van der Waals surface area contributed by atoms with Gasteiger partial charge in [-0.25, -0.2) is 0 Å². The lowest BCUT2D eigenvalue weighted by Crippen LogP contribution is -2.72. The summed E-state index contributed by atoms with van der Waals surface area (Å²) >= 11 is 0. The third-order valence-corrected chi connectivity index (χ3v) is 13.7. The number of aliphatic hydroxyl groups is 1. The van der Waals surface area contributed by atoms with Gasteiger partial charge in [0.25, 0.3) is 0 Å². The van der Waals surface area contributed by atoms with E-state index < -0.39 is 5.60 Å². The molecule has 9 nitrogen and oxygen atoms in total. The van der Waals surface area contributed by atoms with E-state index in [-0.39, 0.29) is 41.0 Å². The Hall–Kier alpha value is -1.26. The molecule has 0 aromatic heterocycles. The molecule has 6 fully saturated rings. The standard InChI is InChI=1S/C34H58N4O5/c1-24(39)43-31-28(37-18-14-35(4)15-19-37)23-27-25-22-29(38-20-16-36(17-21-38)13-9-30(40)42-5)34(41)11-7-6-10-33(34,3)26(25)8-12-32(27,31)2/h25-29,31,41H,6-23H2,1-5H3/t25-,26+,27+,28+,29-,31+,32+,33-,34+/m1/s1. The van der Waals surface area contributed by atoms with Crippen LogP contribution < -0.4 is 0 Å². The highest BCUT2D eigenvalue weighted by atomic mass is 16.5. The molecule has 0 aromatic carbocycles. The van der Waals surface area contributed by atoms with E-state index in [2.05, 4.69) is 40.5 Å². The molecular formula is C34H58N4O5. The first kappa shape index (κ1) is 31.7. The van der Waals surface area contributed by atoms with Crippen molar-refractivity contribution in [3.63, 3.8) is 0 Å². The number of likely N-dealkylation sites (N-methyl/N-ethyl adjacent to an activating group) is 1. The van der Waals surface area contributed by atoms with E-state index in [0.717, 1.165) is 104 Å². The second kappa shape index (κ2) is 12.2. The SMILES string of the molecule is COC(=O)CCN1CCN([C@@H]2C[C@H]3[C@@H]4C[C@H](N5CCN(C)CC5)[C@H](OC(C)=O)[C@@]4(C)CC[C@@H]3[C@@]3(C)CCCC[C@]23O)CC1. The average Bonchev–Trinajstić information content (AvgIpc) is 3.28. The fourth-order valence-electron chi connectivity index (χ4n) is 11.3. The number of hydrogen-bond acceptors (Lipinski definition) is 9. The maximum absolute atomic E-state index is 12.8. The molecule has 2 saturated heterocycles. The minimum atomic E-state index is -0.668. The Morgan fingerprint density at radius 1 is 0.884 bits per heavy atom. The zero-order valence-corrected chi connectivity index (χ0v) is 27.6. The highest BCUT2D eigenvalue weighted by Gasteiger charge is 2.69. The zero-order chi connectivity index (χ0) is 30.6. The van der Waals surface area contributed by atoms with Gasteiger partial charge >= 0.3 is 11.9 Å². The molecule has 9 heteroatoms. The molecule has 244 valence electrons. The zero-order valence-electron chi connectivity index (χ0n) is 27.6. The summed E-state index contributed by atoms with van der Waals surface area (Å²) in [6, 6.07) is 0.433. The molecule has 0 amide bonds. The quantitative estimate of drug-likeness (QED) is 0.462. The molecule has 43 heavy (non-hydrogen) atoms. The molecule has 1 N–H and O–H groups in total. The summed E-state index contributed by atoms with van der Waals surface area (Å²) in [5.74, 6) is 1.24. The smallest absolute Gasteiger partial charge is 0.306 e. The van der Waals surface area contributed by atoms with Gasteiger partial charge < -0.3 is 24.4 Å². The maximum Gasteiger partial charge on any atom is 0.306 e. The normalized spacial score (nSPS) is 44.7. The summed E-state index contributed by atoms with van der Waals surface area (Å²) in [7, 11) is 3.66. The van der Waals surface area contributed by atoms with E-state index in [1.165, 1.54) is 13.5 Å². The highest BCUT2D eigenvalue weighted by Crippen LogP contribution is 2.68. The number of esters is 2. The van der Waals surface area contributed by atoms with Crippen molar-refractivity contribution in [3.05, 3.63) is 0 Å². The largest absolute Gasteiger partial charge is 0.469 e. The van der Waals surface area contributed by atoms with Crippen molar-refractivity contribution in [1.29, 1.82) is 0 Å². The van der Waals surface area contributed by atoms with Crippen LogP contribution in [-0.4, -0.2) is 133 Å². The summed E-state index contributed by atoms with van der Waals surface area (Å²) in [5, 5.41) is 12.8. The van der Waals surface area contributed by atoms with E-state index in [4.69, 9.17) is 9.47 Å². The summed E-state index contributed by atoms with van der Waals surface area (Å²) < 4.78 is 11.2. The van der Waals surface area contributed by atoms with Gasteiger partial charge in [-0.2, -0.15) is 0 Å². The van der Waals surface area contributed by atoms with Crippen molar-refractivity contribution in [1.82, 2.24) is 19.6 Å². The van der Waals surface area contributed by atoms with Gasteiger partial charge in [-0.1, -0.05) is 26.7 Å². The van der Waals surface area contributed by atoms with Crippen molar-refractivity contribution in [2.24, 2.45) is 28.6 Å². The molecule has 0 unspecified atom stereocenters. The van der Waals surface area contributed by atoms with Crippen LogP contribution in [0.2, 0.25) is 0 Å². The molecule has 9 atom stereocenters. The lowest BCUT2D eigenvalue weighted by Gasteiger charge is -2.67. The molecule has 0 radical (unpaired) electrons. The Bertz CT molecular complexity index is 1030. The number of piperazine rings is 2. The molecule has 2 heterocycles. The molecule has 4 aliphatic carbocycles. The number of fused-ring (bicyclic) bond motifs is 5. The third kappa shape index (κ3) is 5.47. The van der Waals surface area contributed by atoms with E-state index in [1.807, 2.05) is 0 Å². The second-order valence-corrected chi connectivity index (χ2v) is 15.6. The van der Waals surface area contributed by atoms with Gasteiger partial charge in [0.15, 0.2) is 0 Å². The highest BCUT2D eigenvalue weighted by molar-refractivity contribution is 5.69. The van der Waals surface area contributed by atoms with Gasteiger partial charge in [-0.15, -0.1) is 0 Å². The Morgan fingerprint density at radius 2 is 1.56 bits per heavy atom. The van der Waals surface area contributed by atoms with Gasteiger partial charge in [0.1, 0.15) is 6.10 Å². The van der Waals surface area contributed by atoms with E-state index >= 15 is 0 Å². The molecular weight excluding hydrogens is 544 g/mol. The summed E-state index contributed by atoms with van der Waals surface area (Å²) in [6.07, 6.45) is 9.05. The predicted molar refractivity (Wildman–Crippen MR) is 165 cm³/mol. The number of methoxy groups -OCH3 is 1. The van der Waals surface area contributed by atoms with Crippen molar-refractivity contribution in [3.8, 4) is 0 Å². The first-order valence-corrected chi connectivity index (χ1v) is 17.4.